The summed E-state index contributed by atoms with van der Waals surface area (Å²) in [4.78, 5) is 0. The van der Waals surface area contributed by atoms with Crippen molar-refractivity contribution < 1.29 is 13.7 Å². The first kappa shape index (κ1) is 13.1. The lowest BCUT2D eigenvalue weighted by atomic mass is 10.3. The van der Waals surface area contributed by atoms with E-state index in [4.69, 9.17) is 36.9 Å². The Bertz CT molecular complexity index is 687. The third-order valence-corrected chi connectivity index (χ3v) is 2.98. The molecule has 0 aliphatic rings. The SMILES string of the molecule is Clc1cc(Cl)cc(OCc2cc(-c3ccco3)on2)c1. The molecule has 0 amide bonds. The fourth-order valence-corrected chi connectivity index (χ4v) is 2.19. The van der Waals surface area contributed by atoms with Crippen molar-refractivity contribution in [1.29, 1.82) is 0 Å². The van der Waals surface area contributed by atoms with Crippen LogP contribution >= 0.6 is 23.2 Å². The lowest BCUT2D eigenvalue weighted by Gasteiger charge is -2.04. The second kappa shape index (κ2) is 5.61. The van der Waals surface area contributed by atoms with Crippen LogP contribution in [0.15, 0.2) is 51.6 Å². The predicted octanol–water partition coefficient (Wildman–Crippen LogP) is 4.82. The average molecular weight is 310 g/mol. The molecule has 0 atom stereocenters. The maximum absolute atomic E-state index is 5.89. The van der Waals surface area contributed by atoms with Gasteiger partial charge in [0, 0.05) is 16.1 Å². The van der Waals surface area contributed by atoms with Crippen LogP contribution in [0.1, 0.15) is 5.69 Å². The Hall–Kier alpha value is -1.91. The molecule has 0 saturated carbocycles. The summed E-state index contributed by atoms with van der Waals surface area (Å²) >= 11 is 11.8. The van der Waals surface area contributed by atoms with Gasteiger partial charge < -0.3 is 13.7 Å². The van der Waals surface area contributed by atoms with Gasteiger partial charge in [0.25, 0.3) is 0 Å². The topological polar surface area (TPSA) is 48.4 Å². The first-order valence-electron chi connectivity index (χ1n) is 5.79. The van der Waals surface area contributed by atoms with Crippen molar-refractivity contribution in [2.75, 3.05) is 0 Å². The largest absolute Gasteiger partial charge is 0.487 e. The maximum atomic E-state index is 5.89. The molecule has 3 rings (SSSR count). The summed E-state index contributed by atoms with van der Waals surface area (Å²) in [5.74, 6) is 1.75. The lowest BCUT2D eigenvalue weighted by molar-refractivity contribution is 0.289. The maximum Gasteiger partial charge on any atom is 0.202 e. The zero-order valence-electron chi connectivity index (χ0n) is 10.2. The molecule has 0 aliphatic carbocycles. The van der Waals surface area contributed by atoms with Gasteiger partial charge in [-0.2, -0.15) is 0 Å². The first-order valence-corrected chi connectivity index (χ1v) is 6.55. The molecule has 1 aromatic carbocycles. The molecule has 0 radical (unpaired) electrons. The molecule has 0 aliphatic heterocycles. The number of aromatic nitrogens is 1. The standard InChI is InChI=1S/C14H9Cl2NO3/c15-9-4-10(16)6-12(5-9)19-8-11-7-14(20-17-11)13-2-1-3-18-13/h1-7H,8H2. The van der Waals surface area contributed by atoms with Crippen LogP contribution in [0.4, 0.5) is 0 Å². The molecular formula is C14H9Cl2NO3. The fourth-order valence-electron chi connectivity index (χ4n) is 1.68. The summed E-state index contributed by atoms with van der Waals surface area (Å²) in [7, 11) is 0. The van der Waals surface area contributed by atoms with Crippen LogP contribution in [0.2, 0.25) is 10.0 Å². The number of hydrogen-bond donors (Lipinski definition) is 0. The van der Waals surface area contributed by atoms with Crippen LogP contribution in [0.25, 0.3) is 11.5 Å². The Morgan fingerprint density at radius 2 is 1.85 bits per heavy atom. The van der Waals surface area contributed by atoms with Crippen molar-refractivity contribution in [1.82, 2.24) is 5.16 Å². The van der Waals surface area contributed by atoms with E-state index in [2.05, 4.69) is 5.16 Å². The minimum atomic E-state index is 0.251. The summed E-state index contributed by atoms with van der Waals surface area (Å²) in [5, 5.41) is 4.94. The molecule has 0 N–H and O–H groups in total. The Labute approximate surface area is 124 Å². The molecule has 0 saturated heterocycles. The van der Waals surface area contributed by atoms with Gasteiger partial charge in [0.15, 0.2) is 5.76 Å². The van der Waals surface area contributed by atoms with Gasteiger partial charge in [-0.05, 0) is 30.3 Å². The second-order valence-electron chi connectivity index (χ2n) is 4.05. The van der Waals surface area contributed by atoms with Gasteiger partial charge in [0.1, 0.15) is 18.1 Å². The quantitative estimate of drug-likeness (QED) is 0.693. The van der Waals surface area contributed by atoms with Crippen LogP contribution in [0.3, 0.4) is 0 Å². The molecule has 3 aromatic rings. The molecule has 20 heavy (non-hydrogen) atoms. The summed E-state index contributed by atoms with van der Waals surface area (Å²) in [6, 6.07) is 10.3. The highest BCUT2D eigenvalue weighted by Gasteiger charge is 2.09. The van der Waals surface area contributed by atoms with E-state index in [1.165, 1.54) is 0 Å². The van der Waals surface area contributed by atoms with Crippen LogP contribution in [-0.4, -0.2) is 5.16 Å². The number of ether oxygens (including phenoxy) is 1. The van der Waals surface area contributed by atoms with Crippen molar-refractivity contribution >= 4 is 23.2 Å². The number of nitrogens with zero attached hydrogens (tertiary/aromatic N) is 1. The highest BCUT2D eigenvalue weighted by atomic mass is 35.5. The Kier molecular flexibility index (Phi) is 3.67. The van der Waals surface area contributed by atoms with Gasteiger partial charge in [0.05, 0.1) is 6.26 Å². The molecule has 0 spiro atoms. The molecule has 6 heteroatoms. The van der Waals surface area contributed by atoms with Crippen LogP contribution in [0, 0.1) is 0 Å². The van der Waals surface area contributed by atoms with Gasteiger partial charge in [-0.25, -0.2) is 0 Å². The Morgan fingerprint density at radius 1 is 1.05 bits per heavy atom. The Morgan fingerprint density at radius 3 is 2.55 bits per heavy atom. The van der Waals surface area contributed by atoms with Gasteiger partial charge in [-0.3, -0.25) is 0 Å². The average Bonchev–Trinajstić information content (AvgIpc) is 3.06. The third-order valence-electron chi connectivity index (χ3n) is 2.55. The lowest BCUT2D eigenvalue weighted by Crippen LogP contribution is -1.95. The Balaban J connectivity index is 1.69. The number of halogens is 2. The molecule has 102 valence electrons. The first-order chi connectivity index (χ1) is 9.70. The van der Waals surface area contributed by atoms with Crippen molar-refractivity contribution in [2.24, 2.45) is 0 Å². The fraction of sp³-hybridized carbons (Fsp3) is 0.0714. The molecular weight excluding hydrogens is 301 g/mol. The number of furan rings is 1. The van der Waals surface area contributed by atoms with E-state index in [1.54, 1.807) is 42.7 Å². The summed E-state index contributed by atoms with van der Waals surface area (Å²) in [5.41, 5.74) is 0.646. The molecule has 0 unspecified atom stereocenters. The minimum Gasteiger partial charge on any atom is -0.487 e. The van der Waals surface area contributed by atoms with E-state index < -0.39 is 0 Å². The van der Waals surface area contributed by atoms with Crippen LogP contribution < -0.4 is 4.74 Å². The van der Waals surface area contributed by atoms with Crippen molar-refractivity contribution in [3.05, 3.63) is 58.4 Å². The van der Waals surface area contributed by atoms with Gasteiger partial charge >= 0.3 is 0 Å². The number of hydrogen-bond acceptors (Lipinski definition) is 4. The van der Waals surface area contributed by atoms with Crippen molar-refractivity contribution in [2.45, 2.75) is 6.61 Å². The molecule has 0 fully saturated rings. The normalized spacial score (nSPS) is 10.7. The van der Waals surface area contributed by atoms with Gasteiger partial charge in [-0.1, -0.05) is 28.4 Å². The van der Waals surface area contributed by atoms with Gasteiger partial charge in [0.2, 0.25) is 5.76 Å². The van der Waals surface area contributed by atoms with Crippen LogP contribution in [0.5, 0.6) is 5.75 Å². The molecule has 0 bridgehead atoms. The van der Waals surface area contributed by atoms with Crippen LogP contribution in [-0.2, 0) is 6.61 Å². The zero-order chi connectivity index (χ0) is 13.9. The second-order valence-corrected chi connectivity index (χ2v) is 4.93. The smallest absolute Gasteiger partial charge is 0.202 e. The molecule has 4 nitrogen and oxygen atoms in total. The molecule has 2 aromatic heterocycles. The molecule has 2 heterocycles. The highest BCUT2D eigenvalue weighted by molar-refractivity contribution is 6.34. The summed E-state index contributed by atoms with van der Waals surface area (Å²) in [6.45, 7) is 0.251. The van der Waals surface area contributed by atoms with Gasteiger partial charge in [-0.15, -0.1) is 0 Å². The number of rotatable bonds is 4. The summed E-state index contributed by atoms with van der Waals surface area (Å²) < 4.78 is 15.9. The monoisotopic (exact) mass is 309 g/mol. The van der Waals surface area contributed by atoms with E-state index in [0.717, 1.165) is 0 Å². The van der Waals surface area contributed by atoms with E-state index in [1.807, 2.05) is 0 Å². The minimum absolute atomic E-state index is 0.251. The third kappa shape index (κ3) is 2.98. The van der Waals surface area contributed by atoms with E-state index in [9.17, 15) is 0 Å². The zero-order valence-corrected chi connectivity index (χ0v) is 11.7. The summed E-state index contributed by atoms with van der Waals surface area (Å²) in [6.07, 6.45) is 1.57. The van der Waals surface area contributed by atoms with Crippen molar-refractivity contribution in [3.63, 3.8) is 0 Å². The highest BCUT2D eigenvalue weighted by Crippen LogP contribution is 2.25. The van der Waals surface area contributed by atoms with E-state index in [0.29, 0.717) is 33.0 Å². The number of benzene rings is 1. The van der Waals surface area contributed by atoms with E-state index >= 15 is 0 Å². The predicted molar refractivity (Wildman–Crippen MR) is 75.0 cm³/mol. The van der Waals surface area contributed by atoms with Crippen molar-refractivity contribution in [3.8, 4) is 17.3 Å². The van der Waals surface area contributed by atoms with E-state index in [-0.39, 0.29) is 6.61 Å².